The van der Waals surface area contributed by atoms with Gasteiger partial charge in [0.2, 0.25) is 0 Å². The number of halogens is 2. The van der Waals surface area contributed by atoms with Crippen LogP contribution in [0.25, 0.3) is 0 Å². The second-order valence-electron chi connectivity index (χ2n) is 6.60. The normalized spacial score (nSPS) is 12.0. The van der Waals surface area contributed by atoms with Crippen molar-refractivity contribution in [1.29, 1.82) is 0 Å². The number of nitrogens with zero attached hydrogens (tertiary/aromatic N) is 1. The Morgan fingerprint density at radius 2 is 1.77 bits per heavy atom. The highest BCUT2D eigenvalue weighted by Crippen LogP contribution is 2.28. The molecule has 0 radical (unpaired) electrons. The fourth-order valence-electron chi connectivity index (χ4n) is 2.87. The van der Waals surface area contributed by atoms with Crippen LogP contribution in [-0.4, -0.2) is 18.3 Å². The van der Waals surface area contributed by atoms with Crippen LogP contribution in [0.2, 0.25) is 10.0 Å². The van der Waals surface area contributed by atoms with Gasteiger partial charge in [-0.1, -0.05) is 37.0 Å². The molecule has 26 heavy (non-hydrogen) atoms. The first-order chi connectivity index (χ1) is 12.3. The third-order valence-electron chi connectivity index (χ3n) is 3.99. The summed E-state index contributed by atoms with van der Waals surface area (Å²) in [6.45, 7) is 6.57. The van der Waals surface area contributed by atoms with Crippen molar-refractivity contribution in [2.45, 2.75) is 33.2 Å². The molecule has 0 bridgehead atoms. The molecule has 0 saturated carbocycles. The molecule has 0 amide bonds. The van der Waals surface area contributed by atoms with Gasteiger partial charge in [-0.05, 0) is 73.9 Å². The quantitative estimate of drug-likeness (QED) is 0.539. The highest BCUT2D eigenvalue weighted by molar-refractivity contribution is 7.80. The van der Waals surface area contributed by atoms with Gasteiger partial charge in [-0.15, -0.1) is 0 Å². The number of hydrogen-bond acceptors (Lipinski definition) is 2. The summed E-state index contributed by atoms with van der Waals surface area (Å²) in [5.41, 5.74) is 1.69. The predicted octanol–water partition coefficient (Wildman–Crippen LogP) is 6.64. The second-order valence-corrected chi connectivity index (χ2v) is 7.83. The molecule has 3 nitrogen and oxygen atoms in total. The number of rotatable bonds is 6. The van der Waals surface area contributed by atoms with E-state index in [1.807, 2.05) is 24.3 Å². The highest BCUT2D eigenvalue weighted by Gasteiger charge is 2.21. The maximum Gasteiger partial charge on any atom is 0.178 e. The van der Waals surface area contributed by atoms with Gasteiger partial charge in [0.25, 0.3) is 0 Å². The molecule has 0 aliphatic rings. The molecule has 0 spiro atoms. The number of methoxy groups -OCH3 is 1. The topological polar surface area (TPSA) is 24.5 Å². The van der Waals surface area contributed by atoms with Crippen LogP contribution in [-0.2, 0) is 0 Å². The average Bonchev–Trinajstić information content (AvgIpc) is 2.58. The van der Waals surface area contributed by atoms with Crippen molar-refractivity contribution >= 4 is 51.9 Å². The van der Waals surface area contributed by atoms with Gasteiger partial charge in [-0.25, -0.2) is 0 Å². The summed E-state index contributed by atoms with van der Waals surface area (Å²) in [6.07, 6.45) is 0.997. The molecule has 1 atom stereocenters. The SMILES string of the molecule is COc1ccc(N(C(=S)Nc2cc(Cl)ccc2Cl)[C@H](C)CC(C)C)cc1. The second kappa shape index (κ2) is 9.45. The van der Waals surface area contributed by atoms with Crippen molar-refractivity contribution in [3.05, 3.63) is 52.5 Å². The van der Waals surface area contributed by atoms with E-state index in [0.29, 0.717) is 26.8 Å². The maximum atomic E-state index is 6.28. The van der Waals surface area contributed by atoms with Crippen LogP contribution in [0, 0.1) is 5.92 Å². The maximum absolute atomic E-state index is 6.28. The highest BCUT2D eigenvalue weighted by atomic mass is 35.5. The van der Waals surface area contributed by atoms with Gasteiger partial charge in [0.05, 0.1) is 17.8 Å². The lowest BCUT2D eigenvalue weighted by Crippen LogP contribution is -2.42. The minimum absolute atomic E-state index is 0.210. The molecule has 0 heterocycles. The summed E-state index contributed by atoms with van der Waals surface area (Å²) in [4.78, 5) is 2.10. The Bertz CT molecular complexity index is 750. The number of hydrogen-bond donors (Lipinski definition) is 1. The van der Waals surface area contributed by atoms with Crippen molar-refractivity contribution in [1.82, 2.24) is 0 Å². The van der Waals surface area contributed by atoms with E-state index in [1.165, 1.54) is 0 Å². The first kappa shape index (κ1) is 20.8. The van der Waals surface area contributed by atoms with Gasteiger partial charge in [-0.3, -0.25) is 0 Å². The Morgan fingerprint density at radius 1 is 1.12 bits per heavy atom. The number of benzene rings is 2. The van der Waals surface area contributed by atoms with Crippen molar-refractivity contribution in [3.63, 3.8) is 0 Å². The zero-order valence-corrected chi connectivity index (χ0v) is 17.8. The van der Waals surface area contributed by atoms with Crippen molar-refractivity contribution in [2.24, 2.45) is 5.92 Å². The summed E-state index contributed by atoms with van der Waals surface area (Å²) in [6, 6.07) is 13.4. The summed E-state index contributed by atoms with van der Waals surface area (Å²) >= 11 is 18.1. The minimum Gasteiger partial charge on any atom is -0.497 e. The molecule has 0 aliphatic carbocycles. The lowest BCUT2D eigenvalue weighted by atomic mass is 10.0. The molecule has 0 aliphatic heterocycles. The third kappa shape index (κ3) is 5.50. The number of nitrogens with one attached hydrogen (secondary N) is 1. The van der Waals surface area contributed by atoms with Crippen molar-refractivity contribution in [2.75, 3.05) is 17.3 Å². The standard InChI is InChI=1S/C20H24Cl2N2OS/c1-13(2)11-14(3)24(16-6-8-17(25-4)9-7-16)20(26)23-19-12-15(21)5-10-18(19)22/h5-10,12-14H,11H2,1-4H3,(H,23,26)/t14-/m1/s1. The summed E-state index contributed by atoms with van der Waals surface area (Å²) < 4.78 is 5.26. The first-order valence-electron chi connectivity index (χ1n) is 8.51. The third-order valence-corrected chi connectivity index (χ3v) is 4.86. The molecule has 2 aromatic carbocycles. The zero-order valence-electron chi connectivity index (χ0n) is 15.4. The number of ether oxygens (including phenoxy) is 1. The minimum atomic E-state index is 0.210. The Labute approximate surface area is 171 Å². The van der Waals surface area contributed by atoms with Crippen LogP contribution in [0.5, 0.6) is 5.75 Å². The van der Waals surface area contributed by atoms with Gasteiger partial charge in [0.15, 0.2) is 5.11 Å². The molecule has 0 aromatic heterocycles. The molecule has 2 rings (SSSR count). The van der Waals surface area contributed by atoms with Crippen molar-refractivity contribution in [3.8, 4) is 5.75 Å². The molecule has 140 valence electrons. The predicted molar refractivity (Wildman–Crippen MR) is 117 cm³/mol. The van der Waals surface area contributed by atoms with E-state index in [2.05, 4.69) is 31.0 Å². The average molecular weight is 411 g/mol. The largest absolute Gasteiger partial charge is 0.497 e. The zero-order chi connectivity index (χ0) is 19.3. The summed E-state index contributed by atoms with van der Waals surface area (Å²) in [5, 5.41) is 4.99. The van der Waals surface area contributed by atoms with E-state index in [4.69, 9.17) is 40.2 Å². The van der Waals surface area contributed by atoms with E-state index in [0.717, 1.165) is 17.9 Å². The van der Waals surface area contributed by atoms with Gasteiger partial charge < -0.3 is 15.0 Å². The lowest BCUT2D eigenvalue weighted by Gasteiger charge is -2.33. The number of thiocarbonyl (C=S) groups is 1. The molecule has 6 heteroatoms. The van der Waals surface area contributed by atoms with Crippen molar-refractivity contribution < 1.29 is 4.74 Å². The lowest BCUT2D eigenvalue weighted by molar-refractivity contribution is 0.415. The molecule has 1 N–H and O–H groups in total. The van der Waals surface area contributed by atoms with Crippen LogP contribution < -0.4 is 15.0 Å². The summed E-state index contributed by atoms with van der Waals surface area (Å²) in [5.74, 6) is 1.35. The fraction of sp³-hybridized carbons (Fsp3) is 0.350. The van der Waals surface area contributed by atoms with Gasteiger partial charge in [0, 0.05) is 16.8 Å². The smallest absolute Gasteiger partial charge is 0.178 e. The monoisotopic (exact) mass is 410 g/mol. The van der Waals surface area contributed by atoms with E-state index in [-0.39, 0.29) is 6.04 Å². The summed E-state index contributed by atoms with van der Waals surface area (Å²) in [7, 11) is 1.65. The van der Waals surface area contributed by atoms with Gasteiger partial charge >= 0.3 is 0 Å². The molecule has 2 aromatic rings. The van der Waals surface area contributed by atoms with E-state index in [1.54, 1.807) is 25.3 Å². The molecule has 0 fully saturated rings. The number of anilines is 2. The first-order valence-corrected chi connectivity index (χ1v) is 9.67. The van der Waals surface area contributed by atoms with Crippen LogP contribution in [0.15, 0.2) is 42.5 Å². The van der Waals surface area contributed by atoms with Crippen LogP contribution in [0.3, 0.4) is 0 Å². The molecule has 0 saturated heterocycles. The van der Waals surface area contributed by atoms with E-state index < -0.39 is 0 Å². The fourth-order valence-corrected chi connectivity index (χ4v) is 3.60. The van der Waals surface area contributed by atoms with Crippen LogP contribution >= 0.6 is 35.4 Å². The van der Waals surface area contributed by atoms with Gasteiger partial charge in [0.1, 0.15) is 5.75 Å². The Morgan fingerprint density at radius 3 is 2.35 bits per heavy atom. The Balaban J connectivity index is 2.32. The molecular weight excluding hydrogens is 387 g/mol. The van der Waals surface area contributed by atoms with Gasteiger partial charge in [-0.2, -0.15) is 0 Å². The Kier molecular flexibility index (Phi) is 7.56. The van der Waals surface area contributed by atoms with E-state index >= 15 is 0 Å². The van der Waals surface area contributed by atoms with Crippen LogP contribution in [0.4, 0.5) is 11.4 Å². The molecular formula is C20H24Cl2N2OS. The van der Waals surface area contributed by atoms with Crippen LogP contribution in [0.1, 0.15) is 27.2 Å². The Hall–Kier alpha value is -1.49. The van der Waals surface area contributed by atoms with E-state index in [9.17, 15) is 0 Å². The molecule has 0 unspecified atom stereocenters.